The summed E-state index contributed by atoms with van der Waals surface area (Å²) in [7, 11) is 0. The first-order valence-electron chi connectivity index (χ1n) is 7.73. The predicted octanol–water partition coefficient (Wildman–Crippen LogP) is 3.26. The number of nitrogens with one attached hydrogen (secondary N) is 2. The maximum atomic E-state index is 11.4. The normalized spacial score (nSPS) is 17.1. The number of thiazole rings is 1. The van der Waals surface area contributed by atoms with Crippen LogP contribution in [-0.4, -0.2) is 9.97 Å². The Kier molecular flexibility index (Phi) is 3.85. The van der Waals surface area contributed by atoms with Gasteiger partial charge in [-0.1, -0.05) is 6.07 Å². The molecule has 6 heteroatoms. The summed E-state index contributed by atoms with van der Waals surface area (Å²) in [6, 6.07) is 7.61. The summed E-state index contributed by atoms with van der Waals surface area (Å²) in [5.74, 6) is 0.807. The SMILES string of the molecule is O=c1ccc2c([nH]1)CCC[C@@H]2NCc1csc(-c2ccco2)n1. The molecule has 3 aromatic heterocycles. The highest BCUT2D eigenvalue weighted by atomic mass is 32.1. The zero-order valence-corrected chi connectivity index (χ0v) is 13.4. The molecule has 1 aliphatic carbocycles. The minimum Gasteiger partial charge on any atom is -0.462 e. The number of aromatic nitrogens is 2. The largest absolute Gasteiger partial charge is 0.462 e. The van der Waals surface area contributed by atoms with Crippen molar-refractivity contribution in [2.45, 2.75) is 31.8 Å². The molecule has 23 heavy (non-hydrogen) atoms. The average Bonchev–Trinajstić information content (AvgIpc) is 3.23. The van der Waals surface area contributed by atoms with E-state index in [1.54, 1.807) is 23.7 Å². The first-order chi connectivity index (χ1) is 11.3. The van der Waals surface area contributed by atoms with Gasteiger partial charge >= 0.3 is 0 Å². The van der Waals surface area contributed by atoms with Gasteiger partial charge in [0.05, 0.1) is 12.0 Å². The van der Waals surface area contributed by atoms with Gasteiger partial charge in [0.1, 0.15) is 0 Å². The van der Waals surface area contributed by atoms with Crippen molar-refractivity contribution in [3.63, 3.8) is 0 Å². The molecule has 0 unspecified atom stereocenters. The topological polar surface area (TPSA) is 70.9 Å². The van der Waals surface area contributed by atoms with Crippen LogP contribution in [0.15, 0.2) is 45.1 Å². The fraction of sp³-hybridized carbons (Fsp3) is 0.294. The van der Waals surface area contributed by atoms with Crippen LogP contribution in [-0.2, 0) is 13.0 Å². The Balaban J connectivity index is 1.47. The first kappa shape index (κ1) is 14.4. The summed E-state index contributed by atoms with van der Waals surface area (Å²) in [6.07, 6.45) is 4.77. The van der Waals surface area contributed by atoms with Crippen molar-refractivity contribution in [3.05, 3.63) is 63.2 Å². The van der Waals surface area contributed by atoms with Crippen LogP contribution in [0.2, 0.25) is 0 Å². The van der Waals surface area contributed by atoms with Crippen LogP contribution in [0.5, 0.6) is 0 Å². The Hall–Kier alpha value is -2.18. The van der Waals surface area contributed by atoms with Crippen LogP contribution in [0, 0.1) is 0 Å². The Morgan fingerprint density at radius 1 is 1.39 bits per heavy atom. The zero-order chi connectivity index (χ0) is 15.6. The average molecular weight is 327 g/mol. The molecule has 0 aliphatic heterocycles. The molecule has 3 heterocycles. The van der Waals surface area contributed by atoms with Crippen LogP contribution in [0.4, 0.5) is 0 Å². The highest BCUT2D eigenvalue weighted by Gasteiger charge is 2.20. The van der Waals surface area contributed by atoms with E-state index >= 15 is 0 Å². The molecule has 0 radical (unpaired) electrons. The van der Waals surface area contributed by atoms with Gasteiger partial charge in [0, 0.05) is 29.7 Å². The lowest BCUT2D eigenvalue weighted by molar-refractivity contribution is 0.451. The van der Waals surface area contributed by atoms with Gasteiger partial charge in [-0.05, 0) is 37.0 Å². The van der Waals surface area contributed by atoms with Crippen molar-refractivity contribution in [1.82, 2.24) is 15.3 Å². The number of hydrogen-bond donors (Lipinski definition) is 2. The number of aryl methyl sites for hydroxylation is 1. The van der Waals surface area contributed by atoms with Crippen molar-refractivity contribution >= 4 is 11.3 Å². The van der Waals surface area contributed by atoms with E-state index in [2.05, 4.69) is 20.7 Å². The van der Waals surface area contributed by atoms with Crippen LogP contribution >= 0.6 is 11.3 Å². The molecule has 0 saturated carbocycles. The quantitative estimate of drug-likeness (QED) is 0.771. The second-order valence-electron chi connectivity index (χ2n) is 5.70. The van der Waals surface area contributed by atoms with Gasteiger partial charge < -0.3 is 14.7 Å². The minimum atomic E-state index is -0.0213. The molecule has 0 fully saturated rings. The van der Waals surface area contributed by atoms with E-state index < -0.39 is 0 Å². The Bertz CT molecular complexity index is 851. The molecular formula is C17H17N3O2S. The molecule has 0 saturated heterocycles. The number of furan rings is 1. The molecule has 0 bridgehead atoms. The van der Waals surface area contributed by atoms with Crippen molar-refractivity contribution in [3.8, 4) is 10.8 Å². The van der Waals surface area contributed by atoms with E-state index in [-0.39, 0.29) is 11.6 Å². The van der Waals surface area contributed by atoms with Gasteiger partial charge in [-0.2, -0.15) is 0 Å². The Morgan fingerprint density at radius 2 is 2.35 bits per heavy atom. The van der Waals surface area contributed by atoms with Gasteiger partial charge in [-0.3, -0.25) is 4.79 Å². The molecule has 1 aliphatic rings. The summed E-state index contributed by atoms with van der Waals surface area (Å²) in [4.78, 5) is 19.0. The molecule has 2 N–H and O–H groups in total. The fourth-order valence-corrected chi connectivity index (χ4v) is 3.83. The summed E-state index contributed by atoms with van der Waals surface area (Å²) in [5, 5.41) is 6.52. The fourth-order valence-electron chi connectivity index (χ4n) is 3.04. The molecule has 4 rings (SSSR count). The maximum absolute atomic E-state index is 11.4. The van der Waals surface area contributed by atoms with E-state index in [0.29, 0.717) is 6.54 Å². The lowest BCUT2D eigenvalue weighted by atomic mass is 9.91. The van der Waals surface area contributed by atoms with Crippen LogP contribution < -0.4 is 10.9 Å². The number of H-pyrrole nitrogens is 1. The molecule has 0 spiro atoms. The first-order valence-corrected chi connectivity index (χ1v) is 8.61. The second-order valence-corrected chi connectivity index (χ2v) is 6.56. The zero-order valence-electron chi connectivity index (χ0n) is 12.5. The summed E-state index contributed by atoms with van der Waals surface area (Å²) in [6.45, 7) is 0.709. The van der Waals surface area contributed by atoms with Crippen molar-refractivity contribution < 1.29 is 4.42 Å². The molecule has 3 aromatic rings. The molecular weight excluding hydrogens is 310 g/mol. The van der Waals surface area contributed by atoms with Crippen LogP contribution in [0.25, 0.3) is 10.8 Å². The molecule has 1 atom stereocenters. The van der Waals surface area contributed by atoms with E-state index in [4.69, 9.17) is 4.42 Å². The van der Waals surface area contributed by atoms with Gasteiger partial charge in [0.15, 0.2) is 10.8 Å². The lowest BCUT2D eigenvalue weighted by Crippen LogP contribution is -2.27. The monoisotopic (exact) mass is 327 g/mol. The summed E-state index contributed by atoms with van der Waals surface area (Å²) in [5.41, 5.74) is 3.26. The summed E-state index contributed by atoms with van der Waals surface area (Å²) >= 11 is 1.59. The lowest BCUT2D eigenvalue weighted by Gasteiger charge is -2.25. The predicted molar refractivity (Wildman–Crippen MR) is 89.4 cm³/mol. The molecule has 5 nitrogen and oxygen atoms in total. The Morgan fingerprint density at radius 3 is 3.22 bits per heavy atom. The van der Waals surface area contributed by atoms with E-state index in [1.165, 1.54) is 5.56 Å². The van der Waals surface area contributed by atoms with Gasteiger partial charge in [-0.15, -0.1) is 11.3 Å². The third kappa shape index (κ3) is 3.00. The van der Waals surface area contributed by atoms with Crippen LogP contribution in [0.1, 0.15) is 35.8 Å². The number of nitrogens with zero attached hydrogens (tertiary/aromatic N) is 1. The highest BCUT2D eigenvalue weighted by Crippen LogP contribution is 2.28. The minimum absolute atomic E-state index is 0.0213. The van der Waals surface area contributed by atoms with E-state index in [9.17, 15) is 4.79 Å². The number of rotatable bonds is 4. The number of pyridine rings is 1. The highest BCUT2D eigenvalue weighted by molar-refractivity contribution is 7.13. The molecule has 118 valence electrons. The van der Waals surface area contributed by atoms with Gasteiger partial charge in [0.25, 0.3) is 0 Å². The number of fused-ring (bicyclic) bond motifs is 1. The van der Waals surface area contributed by atoms with Gasteiger partial charge in [0.2, 0.25) is 5.56 Å². The van der Waals surface area contributed by atoms with Crippen molar-refractivity contribution in [2.75, 3.05) is 0 Å². The third-order valence-electron chi connectivity index (χ3n) is 4.15. The molecule has 0 amide bonds. The number of aromatic amines is 1. The van der Waals surface area contributed by atoms with Crippen molar-refractivity contribution in [1.29, 1.82) is 0 Å². The van der Waals surface area contributed by atoms with Crippen LogP contribution in [0.3, 0.4) is 0 Å². The van der Waals surface area contributed by atoms with E-state index in [0.717, 1.165) is 41.4 Å². The van der Waals surface area contributed by atoms with Crippen molar-refractivity contribution in [2.24, 2.45) is 0 Å². The Labute approximate surface area is 137 Å². The maximum Gasteiger partial charge on any atom is 0.248 e. The standard InChI is InChI=1S/C17H17N3O2S/c21-16-7-6-12-13(3-1-4-14(12)20-16)18-9-11-10-23-17(19-11)15-5-2-8-22-15/h2,5-8,10,13,18H,1,3-4,9H2,(H,20,21)/t13-/m0/s1. The van der Waals surface area contributed by atoms with Gasteiger partial charge in [-0.25, -0.2) is 4.98 Å². The number of hydrogen-bond acceptors (Lipinski definition) is 5. The summed E-state index contributed by atoms with van der Waals surface area (Å²) < 4.78 is 5.38. The third-order valence-corrected chi connectivity index (χ3v) is 5.05. The second kappa shape index (κ2) is 6.14. The molecule has 0 aromatic carbocycles. The van der Waals surface area contributed by atoms with E-state index in [1.807, 2.05) is 18.2 Å². The smallest absolute Gasteiger partial charge is 0.248 e.